The summed E-state index contributed by atoms with van der Waals surface area (Å²) in [5.74, 6) is -0.271. The van der Waals surface area contributed by atoms with Crippen molar-refractivity contribution in [3.05, 3.63) is 65.2 Å². The molecule has 2 N–H and O–H groups in total. The molecule has 0 aliphatic rings. The van der Waals surface area contributed by atoms with Crippen LogP contribution >= 0.6 is 11.6 Å². The lowest BCUT2D eigenvalue weighted by Crippen LogP contribution is -2.27. The summed E-state index contributed by atoms with van der Waals surface area (Å²) in [5, 5.41) is 9.16. The number of sulfonamides is 1. The number of carboxylic acids is 1. The molecule has 1 aromatic carbocycles. The third kappa shape index (κ3) is 6.45. The number of carboxylic acid groups (broad SMARTS) is 1. The third-order valence-corrected chi connectivity index (χ3v) is 6.67. The first-order valence-corrected chi connectivity index (χ1v) is 12.8. The lowest BCUT2D eigenvalue weighted by Gasteiger charge is -2.23. The summed E-state index contributed by atoms with van der Waals surface area (Å²) in [6, 6.07) is 15.4. The second kappa shape index (κ2) is 11.3. The first-order chi connectivity index (χ1) is 16.2. The standard InChI is InChI=1S/C24H27ClN4O4S/c1-3-15-29(16-7-12-23(30)31)21-10-6-11-22(27-21)34(32,33)28-20-14-13-19(25)24(26-20)18-9-5-4-8-17(18)2/h4-6,8-11,13-14H,3,7,12,15-16H2,1-2H3,(H,26,28)(H,30,31). The van der Waals surface area contributed by atoms with E-state index in [1.807, 2.05) is 43.0 Å². The fourth-order valence-corrected chi connectivity index (χ4v) is 4.65. The Morgan fingerprint density at radius 3 is 2.53 bits per heavy atom. The number of aromatic nitrogens is 2. The van der Waals surface area contributed by atoms with E-state index in [1.165, 1.54) is 12.1 Å². The van der Waals surface area contributed by atoms with E-state index in [0.29, 0.717) is 36.0 Å². The Morgan fingerprint density at radius 2 is 1.82 bits per heavy atom. The van der Waals surface area contributed by atoms with Gasteiger partial charge in [0.2, 0.25) is 0 Å². The summed E-state index contributed by atoms with van der Waals surface area (Å²) < 4.78 is 28.7. The van der Waals surface area contributed by atoms with E-state index in [9.17, 15) is 13.2 Å². The average molecular weight is 503 g/mol. The molecule has 0 fully saturated rings. The molecule has 0 spiro atoms. The van der Waals surface area contributed by atoms with Crippen LogP contribution in [0.2, 0.25) is 5.02 Å². The first-order valence-electron chi connectivity index (χ1n) is 10.9. The normalized spacial score (nSPS) is 11.3. The minimum atomic E-state index is -4.03. The maximum absolute atomic E-state index is 13.1. The molecule has 34 heavy (non-hydrogen) atoms. The summed E-state index contributed by atoms with van der Waals surface area (Å²) in [6.45, 7) is 5.01. The van der Waals surface area contributed by atoms with E-state index in [0.717, 1.165) is 17.5 Å². The summed E-state index contributed by atoms with van der Waals surface area (Å²) in [6.07, 6.45) is 1.27. The maximum atomic E-state index is 13.1. The van der Waals surface area contributed by atoms with Crippen molar-refractivity contribution in [3.8, 4) is 11.3 Å². The van der Waals surface area contributed by atoms with Gasteiger partial charge in [-0.05, 0) is 49.6 Å². The Balaban J connectivity index is 1.86. The lowest BCUT2D eigenvalue weighted by molar-refractivity contribution is -0.137. The number of carbonyl (C=O) groups is 1. The number of pyridine rings is 2. The number of hydrogen-bond donors (Lipinski definition) is 2. The Hall–Kier alpha value is -3.17. The molecule has 8 nitrogen and oxygen atoms in total. The number of nitrogens with one attached hydrogen (secondary N) is 1. The zero-order valence-electron chi connectivity index (χ0n) is 19.0. The molecule has 2 aromatic heterocycles. The van der Waals surface area contributed by atoms with Crippen molar-refractivity contribution in [2.75, 3.05) is 22.7 Å². The molecule has 0 atom stereocenters. The van der Waals surface area contributed by atoms with Crippen LogP contribution in [0.1, 0.15) is 31.7 Å². The first kappa shape index (κ1) is 25.5. The largest absolute Gasteiger partial charge is 0.481 e. The van der Waals surface area contributed by atoms with Gasteiger partial charge in [0, 0.05) is 25.1 Å². The van der Waals surface area contributed by atoms with Crippen LogP contribution in [0.15, 0.2) is 59.6 Å². The molecule has 3 rings (SSSR count). The number of anilines is 2. The van der Waals surface area contributed by atoms with E-state index in [1.54, 1.807) is 18.2 Å². The van der Waals surface area contributed by atoms with E-state index in [2.05, 4.69) is 14.7 Å². The number of aryl methyl sites for hydroxylation is 1. The highest BCUT2D eigenvalue weighted by Gasteiger charge is 2.20. The highest BCUT2D eigenvalue weighted by atomic mass is 35.5. The van der Waals surface area contributed by atoms with E-state index in [4.69, 9.17) is 16.7 Å². The monoisotopic (exact) mass is 502 g/mol. The molecule has 0 unspecified atom stereocenters. The Kier molecular flexibility index (Phi) is 8.46. The predicted molar refractivity (Wildman–Crippen MR) is 134 cm³/mol. The third-order valence-electron chi connectivity index (χ3n) is 5.11. The highest BCUT2D eigenvalue weighted by Crippen LogP contribution is 2.30. The Bertz CT molecular complexity index is 1270. The van der Waals surface area contributed by atoms with Crippen molar-refractivity contribution >= 4 is 39.2 Å². The second-order valence-corrected chi connectivity index (χ2v) is 9.80. The summed E-state index contributed by atoms with van der Waals surface area (Å²) >= 11 is 6.34. The minimum absolute atomic E-state index is 0.0330. The molecule has 0 bridgehead atoms. The molecule has 2 heterocycles. The molecule has 3 aromatic rings. The molecule has 180 valence electrons. The number of hydrogen-bond acceptors (Lipinski definition) is 6. The van der Waals surface area contributed by atoms with Crippen LogP contribution in [0.4, 0.5) is 11.6 Å². The topological polar surface area (TPSA) is 112 Å². The number of rotatable bonds is 11. The number of aliphatic carboxylic acids is 1. The van der Waals surface area contributed by atoms with Crippen molar-refractivity contribution in [1.82, 2.24) is 9.97 Å². The van der Waals surface area contributed by atoms with Crippen molar-refractivity contribution < 1.29 is 18.3 Å². The van der Waals surface area contributed by atoms with Gasteiger partial charge in [-0.3, -0.25) is 9.52 Å². The summed E-state index contributed by atoms with van der Waals surface area (Å²) in [4.78, 5) is 21.5. The summed E-state index contributed by atoms with van der Waals surface area (Å²) in [5.41, 5.74) is 2.25. The van der Waals surface area contributed by atoms with Crippen molar-refractivity contribution in [2.45, 2.75) is 38.1 Å². The van der Waals surface area contributed by atoms with Gasteiger partial charge < -0.3 is 10.0 Å². The van der Waals surface area contributed by atoms with Crippen molar-refractivity contribution in [3.63, 3.8) is 0 Å². The van der Waals surface area contributed by atoms with Gasteiger partial charge in [0.05, 0.1) is 10.7 Å². The molecular formula is C24H27ClN4O4S. The number of benzene rings is 1. The zero-order valence-corrected chi connectivity index (χ0v) is 20.6. The molecule has 0 saturated heterocycles. The fraction of sp³-hybridized carbons (Fsp3) is 0.292. The number of halogens is 1. The number of nitrogens with zero attached hydrogens (tertiary/aromatic N) is 3. The molecule has 0 amide bonds. The van der Waals surface area contributed by atoms with Gasteiger partial charge >= 0.3 is 5.97 Å². The lowest BCUT2D eigenvalue weighted by atomic mass is 10.1. The van der Waals surface area contributed by atoms with Crippen molar-refractivity contribution in [2.24, 2.45) is 0 Å². The smallest absolute Gasteiger partial charge is 0.303 e. The average Bonchev–Trinajstić information content (AvgIpc) is 2.80. The second-order valence-electron chi connectivity index (χ2n) is 7.77. The van der Waals surface area contributed by atoms with Gasteiger partial charge in [0.25, 0.3) is 10.0 Å². The van der Waals surface area contributed by atoms with Crippen LogP contribution < -0.4 is 9.62 Å². The quantitative estimate of drug-likeness (QED) is 0.380. The molecular weight excluding hydrogens is 476 g/mol. The molecule has 0 radical (unpaired) electrons. The fourth-order valence-electron chi connectivity index (χ4n) is 3.48. The summed E-state index contributed by atoms with van der Waals surface area (Å²) in [7, 11) is -4.03. The van der Waals surface area contributed by atoms with Crippen LogP contribution in [0.25, 0.3) is 11.3 Å². The molecule has 10 heteroatoms. The van der Waals surface area contributed by atoms with Gasteiger partial charge in [-0.1, -0.05) is 48.9 Å². The van der Waals surface area contributed by atoms with Gasteiger partial charge in [0.1, 0.15) is 11.6 Å². The van der Waals surface area contributed by atoms with Crippen molar-refractivity contribution in [1.29, 1.82) is 0 Å². The van der Waals surface area contributed by atoms with Crippen LogP contribution in [0, 0.1) is 6.92 Å². The van der Waals surface area contributed by atoms with Crippen LogP contribution in [-0.4, -0.2) is 42.6 Å². The van der Waals surface area contributed by atoms with Gasteiger partial charge in [0.15, 0.2) is 5.03 Å². The van der Waals surface area contributed by atoms with E-state index in [-0.39, 0.29) is 17.3 Å². The van der Waals surface area contributed by atoms with Crippen LogP contribution in [0.3, 0.4) is 0 Å². The molecule has 0 saturated carbocycles. The van der Waals surface area contributed by atoms with Crippen LogP contribution in [-0.2, 0) is 14.8 Å². The Morgan fingerprint density at radius 1 is 1.06 bits per heavy atom. The highest BCUT2D eigenvalue weighted by molar-refractivity contribution is 7.92. The molecule has 0 aliphatic carbocycles. The van der Waals surface area contributed by atoms with Gasteiger partial charge in [-0.15, -0.1) is 0 Å². The Labute approximate surface area is 204 Å². The SMILES string of the molecule is CCCN(CCCC(=O)O)c1cccc(S(=O)(=O)Nc2ccc(Cl)c(-c3ccccc3C)n2)n1. The van der Waals surface area contributed by atoms with E-state index >= 15 is 0 Å². The van der Waals surface area contributed by atoms with Gasteiger partial charge in [-0.2, -0.15) is 8.42 Å². The minimum Gasteiger partial charge on any atom is -0.481 e. The van der Waals surface area contributed by atoms with Gasteiger partial charge in [-0.25, -0.2) is 9.97 Å². The molecule has 0 aliphatic heterocycles. The maximum Gasteiger partial charge on any atom is 0.303 e. The van der Waals surface area contributed by atoms with Crippen LogP contribution in [0.5, 0.6) is 0 Å². The predicted octanol–water partition coefficient (Wildman–Crippen LogP) is 4.99. The zero-order chi connectivity index (χ0) is 24.7. The van der Waals surface area contributed by atoms with E-state index < -0.39 is 16.0 Å².